The number of ketones is 1. The van der Waals surface area contributed by atoms with E-state index in [1.165, 1.54) is 7.11 Å². The van der Waals surface area contributed by atoms with Crippen molar-refractivity contribution >= 4 is 11.8 Å². The molecule has 2 aliphatic carbocycles. The average molecular weight is 168 g/mol. The van der Waals surface area contributed by atoms with Crippen LogP contribution in [-0.2, 0) is 14.3 Å². The molecule has 0 radical (unpaired) electrons. The van der Waals surface area contributed by atoms with Crippen LogP contribution in [-0.4, -0.2) is 18.9 Å². The molecule has 1 unspecified atom stereocenters. The summed E-state index contributed by atoms with van der Waals surface area (Å²) < 4.78 is 4.67. The number of carbonyl (C=O) groups is 2. The number of ether oxygens (including phenoxy) is 1. The Bertz CT molecular complexity index is 236. The second kappa shape index (κ2) is 2.31. The first-order valence-corrected chi connectivity index (χ1v) is 4.27. The van der Waals surface area contributed by atoms with E-state index in [-0.39, 0.29) is 17.3 Å². The van der Waals surface area contributed by atoms with Gasteiger partial charge in [-0.25, -0.2) is 0 Å². The van der Waals surface area contributed by atoms with Crippen molar-refractivity contribution in [1.29, 1.82) is 0 Å². The molecule has 1 atom stereocenters. The summed E-state index contributed by atoms with van der Waals surface area (Å²) in [6.07, 6.45) is 3.14. The second-order valence-corrected chi connectivity index (χ2v) is 3.87. The highest BCUT2D eigenvalue weighted by molar-refractivity contribution is 5.89. The normalized spacial score (nSPS) is 30.8. The Kier molecular flexibility index (Phi) is 1.50. The van der Waals surface area contributed by atoms with Gasteiger partial charge in [-0.2, -0.15) is 0 Å². The molecule has 0 aromatic rings. The Hall–Kier alpha value is -0.860. The lowest BCUT2D eigenvalue weighted by Gasteiger charge is -2.53. The van der Waals surface area contributed by atoms with E-state index in [9.17, 15) is 9.59 Å². The monoisotopic (exact) mass is 168 g/mol. The minimum Gasteiger partial charge on any atom is -0.469 e. The second-order valence-electron chi connectivity index (χ2n) is 3.87. The van der Waals surface area contributed by atoms with Crippen LogP contribution in [0.15, 0.2) is 0 Å². The maximum atomic E-state index is 11.2. The molecule has 0 N–H and O–H groups in total. The number of hydrogen-bond donors (Lipinski definition) is 0. The molecule has 2 rings (SSSR count). The van der Waals surface area contributed by atoms with Crippen LogP contribution in [0.2, 0.25) is 0 Å². The lowest BCUT2D eigenvalue weighted by Crippen LogP contribution is -2.53. The Morgan fingerprint density at radius 1 is 1.58 bits per heavy atom. The van der Waals surface area contributed by atoms with E-state index < -0.39 is 0 Å². The van der Waals surface area contributed by atoms with Crippen LogP contribution in [0.3, 0.4) is 0 Å². The maximum Gasteiger partial charge on any atom is 0.309 e. The average Bonchev–Trinajstić information content (AvgIpc) is 1.95. The van der Waals surface area contributed by atoms with Gasteiger partial charge in [0.05, 0.1) is 13.0 Å². The van der Waals surface area contributed by atoms with Crippen molar-refractivity contribution in [3.63, 3.8) is 0 Å². The molecule has 0 aliphatic heterocycles. The molecule has 0 saturated heterocycles. The van der Waals surface area contributed by atoms with E-state index >= 15 is 0 Å². The zero-order chi connectivity index (χ0) is 8.77. The van der Waals surface area contributed by atoms with Gasteiger partial charge in [-0.1, -0.05) is 0 Å². The molecule has 2 saturated carbocycles. The Morgan fingerprint density at radius 2 is 2.25 bits per heavy atom. The van der Waals surface area contributed by atoms with Crippen molar-refractivity contribution in [2.24, 2.45) is 11.3 Å². The van der Waals surface area contributed by atoms with Crippen molar-refractivity contribution in [1.82, 2.24) is 0 Å². The summed E-state index contributed by atoms with van der Waals surface area (Å²) in [6.45, 7) is 0. The van der Waals surface area contributed by atoms with Gasteiger partial charge in [-0.3, -0.25) is 9.59 Å². The van der Waals surface area contributed by atoms with E-state index in [1.54, 1.807) is 0 Å². The summed E-state index contributed by atoms with van der Waals surface area (Å²) in [7, 11) is 1.41. The number of carbonyl (C=O) groups excluding carboxylic acids is 2. The van der Waals surface area contributed by atoms with Crippen molar-refractivity contribution in [3.05, 3.63) is 0 Å². The molecule has 2 aliphatic rings. The van der Waals surface area contributed by atoms with Crippen LogP contribution in [0, 0.1) is 11.3 Å². The molecule has 0 aromatic heterocycles. The van der Waals surface area contributed by atoms with Crippen LogP contribution in [0.25, 0.3) is 0 Å². The van der Waals surface area contributed by atoms with E-state index in [1.807, 2.05) is 0 Å². The third kappa shape index (κ3) is 0.822. The van der Waals surface area contributed by atoms with E-state index in [0.717, 1.165) is 12.8 Å². The maximum absolute atomic E-state index is 11.2. The largest absolute Gasteiger partial charge is 0.469 e. The van der Waals surface area contributed by atoms with Gasteiger partial charge in [0.2, 0.25) is 0 Å². The molecular weight excluding hydrogens is 156 g/mol. The summed E-state index contributed by atoms with van der Waals surface area (Å²) in [6, 6.07) is 0. The zero-order valence-corrected chi connectivity index (χ0v) is 7.13. The molecule has 0 bridgehead atoms. The first-order chi connectivity index (χ1) is 5.68. The number of hydrogen-bond acceptors (Lipinski definition) is 3. The molecule has 0 heterocycles. The van der Waals surface area contributed by atoms with Gasteiger partial charge >= 0.3 is 5.97 Å². The van der Waals surface area contributed by atoms with Crippen molar-refractivity contribution in [3.8, 4) is 0 Å². The van der Waals surface area contributed by atoms with Gasteiger partial charge in [-0.05, 0) is 18.3 Å². The van der Waals surface area contributed by atoms with Crippen molar-refractivity contribution in [2.75, 3.05) is 7.11 Å². The third-order valence-electron chi connectivity index (χ3n) is 3.25. The van der Waals surface area contributed by atoms with Gasteiger partial charge in [0, 0.05) is 12.8 Å². The Balaban J connectivity index is 2.02. The van der Waals surface area contributed by atoms with Crippen LogP contribution >= 0.6 is 0 Å². The molecular formula is C9H12O3. The smallest absolute Gasteiger partial charge is 0.309 e. The lowest BCUT2D eigenvalue weighted by molar-refractivity contribution is -0.169. The molecule has 2 fully saturated rings. The van der Waals surface area contributed by atoms with Gasteiger partial charge in [0.1, 0.15) is 5.78 Å². The summed E-state index contributed by atoms with van der Waals surface area (Å²) in [5, 5.41) is 0. The number of rotatable bonds is 1. The third-order valence-corrected chi connectivity index (χ3v) is 3.25. The SMILES string of the molecule is COC(=O)C1CCC12CC(=O)C2. The van der Waals surface area contributed by atoms with E-state index in [2.05, 4.69) is 4.74 Å². The minimum absolute atomic E-state index is 0.0141. The lowest BCUT2D eigenvalue weighted by atomic mass is 9.49. The Morgan fingerprint density at radius 3 is 2.58 bits per heavy atom. The fourth-order valence-corrected chi connectivity index (χ4v) is 2.36. The number of methoxy groups -OCH3 is 1. The minimum atomic E-state index is -0.131. The van der Waals surface area contributed by atoms with Gasteiger partial charge in [0.15, 0.2) is 0 Å². The fourth-order valence-electron chi connectivity index (χ4n) is 2.36. The van der Waals surface area contributed by atoms with Crippen LogP contribution in [0.4, 0.5) is 0 Å². The highest BCUT2D eigenvalue weighted by atomic mass is 16.5. The molecule has 0 aromatic carbocycles. The standard InChI is InChI=1S/C9H12O3/c1-12-8(11)7-2-3-9(7)4-6(10)5-9/h7H,2-5H2,1H3. The predicted octanol–water partition coefficient (Wildman–Crippen LogP) is 0.919. The summed E-state index contributed by atoms with van der Waals surface area (Å²) >= 11 is 0. The van der Waals surface area contributed by atoms with Crippen LogP contribution < -0.4 is 0 Å². The summed E-state index contributed by atoms with van der Waals surface area (Å²) in [5.74, 6) is 0.178. The first kappa shape index (κ1) is 7.77. The fraction of sp³-hybridized carbons (Fsp3) is 0.778. The molecule has 0 amide bonds. The topological polar surface area (TPSA) is 43.4 Å². The highest BCUT2D eigenvalue weighted by Gasteiger charge is 2.58. The highest BCUT2D eigenvalue weighted by Crippen LogP contribution is 2.58. The van der Waals surface area contributed by atoms with Crippen LogP contribution in [0.1, 0.15) is 25.7 Å². The van der Waals surface area contributed by atoms with Gasteiger partial charge in [-0.15, -0.1) is 0 Å². The molecule has 66 valence electrons. The summed E-state index contributed by atoms with van der Waals surface area (Å²) in [4.78, 5) is 22.0. The molecule has 3 heteroatoms. The van der Waals surface area contributed by atoms with Gasteiger partial charge in [0.25, 0.3) is 0 Å². The van der Waals surface area contributed by atoms with Crippen molar-refractivity contribution < 1.29 is 14.3 Å². The van der Waals surface area contributed by atoms with Gasteiger partial charge < -0.3 is 4.74 Å². The summed E-state index contributed by atoms with van der Waals surface area (Å²) in [5.41, 5.74) is 0.0319. The molecule has 3 nitrogen and oxygen atoms in total. The van der Waals surface area contributed by atoms with Crippen molar-refractivity contribution in [2.45, 2.75) is 25.7 Å². The Labute approximate surface area is 71.1 Å². The number of Topliss-reactive ketones (excluding diaryl/α,β-unsaturated/α-hetero) is 1. The van der Waals surface area contributed by atoms with Crippen LogP contribution in [0.5, 0.6) is 0 Å². The molecule has 12 heavy (non-hydrogen) atoms. The predicted molar refractivity (Wildman–Crippen MR) is 41.4 cm³/mol. The molecule has 1 spiro atoms. The first-order valence-electron chi connectivity index (χ1n) is 4.27. The number of esters is 1. The van der Waals surface area contributed by atoms with E-state index in [4.69, 9.17) is 0 Å². The quantitative estimate of drug-likeness (QED) is 0.547. The zero-order valence-electron chi connectivity index (χ0n) is 7.13. The van der Waals surface area contributed by atoms with E-state index in [0.29, 0.717) is 18.6 Å².